The van der Waals surface area contributed by atoms with Gasteiger partial charge in [-0.15, -0.1) is 0 Å². The first-order valence-electron chi connectivity index (χ1n) is 5.40. The van der Waals surface area contributed by atoms with Crippen molar-refractivity contribution in [2.45, 2.75) is 24.7 Å². The van der Waals surface area contributed by atoms with E-state index >= 15 is 0 Å². The van der Waals surface area contributed by atoms with Crippen LogP contribution in [0.15, 0.2) is 12.1 Å². The molecule has 4 heteroatoms. The Labute approximate surface area is 94.0 Å². The molecule has 1 saturated carbocycles. The topological polar surface area (TPSA) is 55.5 Å². The zero-order valence-corrected chi connectivity index (χ0v) is 9.29. The molecule has 0 aromatic heterocycles. The minimum Gasteiger partial charge on any atom is -0.504 e. The van der Waals surface area contributed by atoms with Crippen molar-refractivity contribution in [3.8, 4) is 11.5 Å². The quantitative estimate of drug-likeness (QED) is 0.826. The molecule has 1 aliphatic carbocycles. The molecule has 1 fully saturated rings. The summed E-state index contributed by atoms with van der Waals surface area (Å²) in [6.45, 7) is 0.484. The summed E-state index contributed by atoms with van der Waals surface area (Å²) in [6.07, 6.45) is 3.01. The van der Waals surface area contributed by atoms with Crippen molar-refractivity contribution in [3.05, 3.63) is 23.5 Å². The van der Waals surface area contributed by atoms with Gasteiger partial charge in [0.2, 0.25) is 0 Å². The van der Waals surface area contributed by atoms with Crippen molar-refractivity contribution in [1.29, 1.82) is 0 Å². The molecule has 0 unspecified atom stereocenters. The summed E-state index contributed by atoms with van der Waals surface area (Å²) in [5.41, 5.74) is 6.36. The third kappa shape index (κ3) is 1.53. The average molecular weight is 225 g/mol. The molecule has 0 saturated heterocycles. The Kier molecular flexibility index (Phi) is 2.76. The molecule has 3 N–H and O–H groups in total. The fourth-order valence-corrected chi connectivity index (χ4v) is 2.30. The highest BCUT2D eigenvalue weighted by Gasteiger charge is 2.38. The number of ether oxygens (including phenoxy) is 1. The zero-order valence-electron chi connectivity index (χ0n) is 9.29. The van der Waals surface area contributed by atoms with Gasteiger partial charge in [0.25, 0.3) is 0 Å². The Morgan fingerprint density at radius 2 is 2.19 bits per heavy atom. The Morgan fingerprint density at radius 1 is 1.50 bits per heavy atom. The number of benzene rings is 1. The van der Waals surface area contributed by atoms with Crippen LogP contribution in [0.2, 0.25) is 0 Å². The highest BCUT2D eigenvalue weighted by molar-refractivity contribution is 5.46. The van der Waals surface area contributed by atoms with E-state index in [0.717, 1.165) is 24.8 Å². The largest absolute Gasteiger partial charge is 0.504 e. The summed E-state index contributed by atoms with van der Waals surface area (Å²) in [4.78, 5) is 0. The molecule has 0 spiro atoms. The highest BCUT2D eigenvalue weighted by atomic mass is 19.1. The van der Waals surface area contributed by atoms with Gasteiger partial charge in [-0.05, 0) is 30.5 Å². The van der Waals surface area contributed by atoms with Gasteiger partial charge in [0.15, 0.2) is 17.3 Å². The van der Waals surface area contributed by atoms with Crippen LogP contribution >= 0.6 is 0 Å². The molecule has 1 aliphatic rings. The van der Waals surface area contributed by atoms with Gasteiger partial charge in [0.05, 0.1) is 7.11 Å². The van der Waals surface area contributed by atoms with Crippen LogP contribution in [-0.4, -0.2) is 18.8 Å². The van der Waals surface area contributed by atoms with Gasteiger partial charge in [-0.25, -0.2) is 4.39 Å². The lowest BCUT2D eigenvalue weighted by Gasteiger charge is -2.41. The first-order chi connectivity index (χ1) is 7.63. The second-order valence-electron chi connectivity index (χ2n) is 4.35. The van der Waals surface area contributed by atoms with Crippen LogP contribution < -0.4 is 10.5 Å². The second-order valence-corrected chi connectivity index (χ2v) is 4.35. The van der Waals surface area contributed by atoms with E-state index in [1.54, 1.807) is 6.07 Å². The molecule has 0 radical (unpaired) electrons. The van der Waals surface area contributed by atoms with Crippen molar-refractivity contribution in [3.63, 3.8) is 0 Å². The van der Waals surface area contributed by atoms with E-state index < -0.39 is 5.82 Å². The minimum atomic E-state index is -0.530. The summed E-state index contributed by atoms with van der Waals surface area (Å²) in [6, 6.07) is 2.98. The summed E-state index contributed by atoms with van der Waals surface area (Å²) < 4.78 is 18.4. The van der Waals surface area contributed by atoms with E-state index in [1.165, 1.54) is 13.2 Å². The number of phenols is 1. The molecule has 0 aliphatic heterocycles. The lowest BCUT2D eigenvalue weighted by atomic mass is 9.64. The minimum absolute atomic E-state index is 0.102. The van der Waals surface area contributed by atoms with Gasteiger partial charge in [-0.2, -0.15) is 0 Å². The van der Waals surface area contributed by atoms with Crippen LogP contribution in [0.5, 0.6) is 11.5 Å². The van der Waals surface area contributed by atoms with Gasteiger partial charge in [-0.1, -0.05) is 6.42 Å². The number of halogens is 1. The average Bonchev–Trinajstić information content (AvgIpc) is 2.16. The maximum absolute atomic E-state index is 13.6. The van der Waals surface area contributed by atoms with Crippen LogP contribution in [0.4, 0.5) is 4.39 Å². The molecular weight excluding hydrogens is 209 g/mol. The predicted molar refractivity (Wildman–Crippen MR) is 59.2 cm³/mol. The SMILES string of the molecule is COc1c(O)cc(C2(CN)CCC2)cc1F. The second kappa shape index (κ2) is 3.94. The summed E-state index contributed by atoms with van der Waals surface area (Å²) in [5.74, 6) is -0.787. The first-order valence-corrected chi connectivity index (χ1v) is 5.40. The third-order valence-electron chi connectivity index (χ3n) is 3.54. The van der Waals surface area contributed by atoms with Crippen molar-refractivity contribution in [2.75, 3.05) is 13.7 Å². The first kappa shape index (κ1) is 11.2. The van der Waals surface area contributed by atoms with E-state index in [-0.39, 0.29) is 16.9 Å². The molecule has 1 aromatic rings. The predicted octanol–water partition coefficient (Wildman–Crippen LogP) is 1.92. The smallest absolute Gasteiger partial charge is 0.196 e. The van der Waals surface area contributed by atoms with Gasteiger partial charge >= 0.3 is 0 Å². The van der Waals surface area contributed by atoms with Gasteiger partial charge in [0, 0.05) is 12.0 Å². The van der Waals surface area contributed by atoms with Crippen LogP contribution in [0.1, 0.15) is 24.8 Å². The molecule has 88 valence electrons. The van der Waals surface area contributed by atoms with E-state index in [2.05, 4.69) is 0 Å². The summed E-state index contributed by atoms with van der Waals surface area (Å²) in [5, 5.41) is 9.64. The number of rotatable bonds is 3. The fraction of sp³-hybridized carbons (Fsp3) is 0.500. The number of hydrogen-bond donors (Lipinski definition) is 2. The van der Waals surface area contributed by atoms with Crippen LogP contribution in [0.25, 0.3) is 0 Å². The fourth-order valence-electron chi connectivity index (χ4n) is 2.30. The zero-order chi connectivity index (χ0) is 11.8. The van der Waals surface area contributed by atoms with Crippen LogP contribution in [-0.2, 0) is 5.41 Å². The van der Waals surface area contributed by atoms with E-state index in [1.807, 2.05) is 0 Å². The Bertz CT molecular complexity index is 373. The molecule has 1 aromatic carbocycles. The van der Waals surface area contributed by atoms with E-state index in [4.69, 9.17) is 10.5 Å². The molecule has 0 atom stereocenters. The maximum Gasteiger partial charge on any atom is 0.196 e. The Hall–Kier alpha value is -1.29. The van der Waals surface area contributed by atoms with Crippen LogP contribution in [0, 0.1) is 5.82 Å². The summed E-state index contributed by atoms with van der Waals surface area (Å²) in [7, 11) is 1.33. The molecule has 2 rings (SSSR count). The van der Waals surface area contributed by atoms with Crippen LogP contribution in [0.3, 0.4) is 0 Å². The standard InChI is InChI=1S/C12H16FNO2/c1-16-11-9(13)5-8(6-10(11)15)12(7-14)3-2-4-12/h5-6,15H,2-4,7,14H2,1H3. The third-order valence-corrected chi connectivity index (χ3v) is 3.54. The monoisotopic (exact) mass is 225 g/mol. The van der Waals surface area contributed by atoms with Crippen molar-refractivity contribution in [2.24, 2.45) is 5.73 Å². The van der Waals surface area contributed by atoms with E-state index in [0.29, 0.717) is 6.54 Å². The number of nitrogens with two attached hydrogens (primary N) is 1. The highest BCUT2D eigenvalue weighted by Crippen LogP contribution is 2.45. The molecular formula is C12H16FNO2. The number of methoxy groups -OCH3 is 1. The number of hydrogen-bond acceptors (Lipinski definition) is 3. The van der Waals surface area contributed by atoms with Crippen molar-refractivity contribution >= 4 is 0 Å². The molecule has 3 nitrogen and oxygen atoms in total. The summed E-state index contributed by atoms with van der Waals surface area (Å²) >= 11 is 0. The molecule has 16 heavy (non-hydrogen) atoms. The van der Waals surface area contributed by atoms with Gasteiger partial charge in [0.1, 0.15) is 0 Å². The number of aromatic hydroxyl groups is 1. The van der Waals surface area contributed by atoms with Crippen molar-refractivity contribution < 1.29 is 14.2 Å². The number of phenolic OH excluding ortho intramolecular Hbond substituents is 1. The lowest BCUT2D eigenvalue weighted by Crippen LogP contribution is -2.41. The maximum atomic E-state index is 13.6. The molecule has 0 bridgehead atoms. The Balaban J connectivity index is 2.43. The van der Waals surface area contributed by atoms with Gasteiger partial charge in [-0.3, -0.25) is 0 Å². The van der Waals surface area contributed by atoms with Crippen molar-refractivity contribution in [1.82, 2.24) is 0 Å². The molecule has 0 amide bonds. The lowest BCUT2D eigenvalue weighted by molar-refractivity contribution is 0.250. The normalized spacial score (nSPS) is 17.9. The Morgan fingerprint density at radius 3 is 2.56 bits per heavy atom. The molecule has 0 heterocycles. The van der Waals surface area contributed by atoms with E-state index in [9.17, 15) is 9.50 Å². The van der Waals surface area contributed by atoms with Gasteiger partial charge < -0.3 is 15.6 Å².